The van der Waals surface area contributed by atoms with Crippen LogP contribution in [0.4, 0.5) is 0 Å². The van der Waals surface area contributed by atoms with E-state index in [1.807, 2.05) is 30.6 Å². The van der Waals surface area contributed by atoms with Crippen LogP contribution in [0.1, 0.15) is 23.7 Å². The predicted molar refractivity (Wildman–Crippen MR) is 74.3 cm³/mol. The van der Waals surface area contributed by atoms with Gasteiger partial charge in [-0.2, -0.15) is 5.10 Å². The molecule has 0 aliphatic carbocycles. The highest BCUT2D eigenvalue weighted by atomic mass is 32.2. The molecular formula is C13H19N3O2S. The Morgan fingerprint density at radius 2 is 2.42 bits per heavy atom. The average Bonchev–Trinajstić information content (AvgIpc) is 2.94. The maximum absolute atomic E-state index is 12.2. The second-order valence-corrected chi connectivity index (χ2v) is 6.83. The molecule has 2 aliphatic heterocycles. The summed E-state index contributed by atoms with van der Waals surface area (Å²) in [6, 6.07) is 0. The summed E-state index contributed by atoms with van der Waals surface area (Å²) in [6.45, 7) is 4.50. The summed E-state index contributed by atoms with van der Waals surface area (Å²) in [5.41, 5.74) is 0.682. The van der Waals surface area contributed by atoms with E-state index in [9.17, 15) is 4.79 Å². The first-order chi connectivity index (χ1) is 9.12. The van der Waals surface area contributed by atoms with Crippen molar-refractivity contribution in [1.29, 1.82) is 0 Å². The number of aromatic nitrogens is 2. The molecule has 0 bridgehead atoms. The fourth-order valence-corrected chi connectivity index (χ4v) is 4.42. The lowest BCUT2D eigenvalue weighted by molar-refractivity contribution is 0.0359. The van der Waals surface area contributed by atoms with Crippen LogP contribution in [0.25, 0.3) is 0 Å². The lowest BCUT2D eigenvalue weighted by Gasteiger charge is -2.47. The Labute approximate surface area is 117 Å². The number of carbonyl (C=O) groups is 1. The smallest absolute Gasteiger partial charge is 0.257 e. The number of aryl methyl sites for hydroxylation is 1. The summed E-state index contributed by atoms with van der Waals surface area (Å²) < 4.78 is 7.59. The predicted octanol–water partition coefficient (Wildman–Crippen LogP) is 1.16. The molecule has 0 aromatic carbocycles. The number of carbonyl (C=O) groups excluding carboxylic acids is 1. The molecule has 3 rings (SSSR count). The van der Waals surface area contributed by atoms with Gasteiger partial charge in [0.2, 0.25) is 0 Å². The summed E-state index contributed by atoms with van der Waals surface area (Å²) >= 11 is 1.96. The van der Waals surface area contributed by atoms with Gasteiger partial charge in [-0.25, -0.2) is 0 Å². The average molecular weight is 281 g/mol. The fourth-order valence-electron chi connectivity index (χ4n) is 2.87. The zero-order chi connectivity index (χ0) is 13.5. The Bertz CT molecular complexity index is 482. The number of thioether (sulfide) groups is 1. The molecule has 6 heteroatoms. The third-order valence-corrected chi connectivity index (χ3v) is 5.35. The molecule has 1 aromatic rings. The van der Waals surface area contributed by atoms with Crippen LogP contribution in [0, 0.1) is 0 Å². The largest absolute Gasteiger partial charge is 0.378 e. The molecule has 1 spiro atoms. The Hall–Kier alpha value is -1.01. The minimum Gasteiger partial charge on any atom is -0.378 e. The number of ether oxygens (including phenoxy) is 1. The van der Waals surface area contributed by atoms with Gasteiger partial charge in [-0.15, -0.1) is 11.8 Å². The number of hydrogen-bond donors (Lipinski definition) is 0. The van der Waals surface area contributed by atoms with Gasteiger partial charge in [0.1, 0.15) is 0 Å². The van der Waals surface area contributed by atoms with Crippen LogP contribution >= 0.6 is 11.8 Å². The van der Waals surface area contributed by atoms with E-state index in [0.29, 0.717) is 11.7 Å². The topological polar surface area (TPSA) is 47.4 Å². The van der Waals surface area contributed by atoms with E-state index < -0.39 is 0 Å². The molecule has 0 radical (unpaired) electrons. The van der Waals surface area contributed by atoms with Crippen molar-refractivity contribution in [3.8, 4) is 0 Å². The molecule has 2 saturated heterocycles. The van der Waals surface area contributed by atoms with Gasteiger partial charge in [0.25, 0.3) is 5.91 Å². The number of hydrogen-bond acceptors (Lipinski definition) is 4. The molecular weight excluding hydrogens is 262 g/mol. The lowest BCUT2D eigenvalue weighted by atomic mass is 9.92. The highest BCUT2D eigenvalue weighted by Crippen LogP contribution is 2.46. The molecule has 0 N–H and O–H groups in total. The van der Waals surface area contributed by atoms with Crippen LogP contribution in [0.2, 0.25) is 0 Å². The van der Waals surface area contributed by atoms with Crippen molar-refractivity contribution in [2.45, 2.75) is 24.2 Å². The monoisotopic (exact) mass is 281 g/mol. The van der Waals surface area contributed by atoms with Gasteiger partial charge < -0.3 is 9.64 Å². The van der Waals surface area contributed by atoms with E-state index in [4.69, 9.17) is 4.74 Å². The first kappa shape index (κ1) is 13.0. The first-order valence-electron chi connectivity index (χ1n) is 6.65. The third-order valence-electron chi connectivity index (χ3n) is 3.77. The van der Waals surface area contributed by atoms with Crippen LogP contribution in [0.5, 0.6) is 0 Å². The Morgan fingerprint density at radius 3 is 3.05 bits per heavy atom. The molecule has 1 aromatic heterocycles. The van der Waals surface area contributed by atoms with Crippen molar-refractivity contribution in [3.63, 3.8) is 0 Å². The lowest BCUT2D eigenvalue weighted by Crippen LogP contribution is -2.60. The number of likely N-dealkylation sites (tertiary alicyclic amines) is 1. The summed E-state index contributed by atoms with van der Waals surface area (Å²) in [7, 11) is 1.83. The molecule has 19 heavy (non-hydrogen) atoms. The van der Waals surface area contributed by atoms with Crippen molar-refractivity contribution >= 4 is 17.7 Å². The summed E-state index contributed by atoms with van der Waals surface area (Å²) in [6.07, 6.45) is 4.85. The van der Waals surface area contributed by atoms with Crippen LogP contribution in [-0.4, -0.2) is 56.9 Å². The van der Waals surface area contributed by atoms with Gasteiger partial charge in [0.15, 0.2) is 0 Å². The van der Waals surface area contributed by atoms with E-state index in [-0.39, 0.29) is 10.7 Å². The zero-order valence-electron chi connectivity index (χ0n) is 11.3. The Kier molecular flexibility index (Phi) is 3.30. The Morgan fingerprint density at radius 1 is 1.63 bits per heavy atom. The van der Waals surface area contributed by atoms with Gasteiger partial charge in [-0.1, -0.05) is 0 Å². The van der Waals surface area contributed by atoms with Crippen molar-refractivity contribution in [2.75, 3.05) is 25.4 Å². The van der Waals surface area contributed by atoms with E-state index >= 15 is 0 Å². The van der Waals surface area contributed by atoms with Crippen LogP contribution < -0.4 is 0 Å². The summed E-state index contributed by atoms with van der Waals surface area (Å²) in [4.78, 5) is 14.1. The van der Waals surface area contributed by atoms with Crippen molar-refractivity contribution < 1.29 is 9.53 Å². The second-order valence-electron chi connectivity index (χ2n) is 5.34. The van der Waals surface area contributed by atoms with Gasteiger partial charge in [0.05, 0.1) is 22.6 Å². The number of rotatable bonds is 3. The van der Waals surface area contributed by atoms with Crippen LogP contribution in [0.3, 0.4) is 0 Å². The fraction of sp³-hybridized carbons (Fsp3) is 0.692. The molecule has 2 fully saturated rings. The first-order valence-corrected chi connectivity index (χ1v) is 7.64. The van der Waals surface area contributed by atoms with Gasteiger partial charge in [0, 0.05) is 38.7 Å². The molecule has 5 nitrogen and oxygen atoms in total. The summed E-state index contributed by atoms with van der Waals surface area (Å²) in [5, 5.41) is 4.05. The zero-order valence-corrected chi connectivity index (χ0v) is 12.2. The summed E-state index contributed by atoms with van der Waals surface area (Å²) in [5.74, 6) is 1.15. The highest BCUT2D eigenvalue weighted by Gasteiger charge is 2.50. The molecule has 2 aliphatic rings. The molecule has 104 valence electrons. The van der Waals surface area contributed by atoms with Gasteiger partial charge in [-0.3, -0.25) is 9.48 Å². The maximum Gasteiger partial charge on any atom is 0.257 e. The molecule has 1 atom stereocenters. The highest BCUT2D eigenvalue weighted by molar-refractivity contribution is 8.01. The SMILES string of the molecule is CCOC1CSC2(C1)CN(C(=O)c1cnn(C)c1)C2. The minimum atomic E-state index is 0.0965. The third kappa shape index (κ3) is 2.39. The van der Waals surface area contributed by atoms with Crippen molar-refractivity contribution in [3.05, 3.63) is 18.0 Å². The number of nitrogens with zero attached hydrogens (tertiary/aromatic N) is 3. The minimum absolute atomic E-state index is 0.0965. The standard InChI is InChI=1S/C13H19N3O2S/c1-3-18-11-4-13(19-7-11)8-16(9-13)12(17)10-5-14-15(2)6-10/h5-6,11H,3-4,7-9H2,1-2H3. The molecule has 1 unspecified atom stereocenters. The van der Waals surface area contributed by atoms with Crippen molar-refractivity contribution in [2.24, 2.45) is 7.05 Å². The molecule has 1 amide bonds. The van der Waals surface area contributed by atoms with E-state index in [0.717, 1.165) is 31.9 Å². The van der Waals surface area contributed by atoms with E-state index in [2.05, 4.69) is 5.10 Å². The molecule has 0 saturated carbocycles. The van der Waals surface area contributed by atoms with E-state index in [1.54, 1.807) is 17.1 Å². The molecule has 3 heterocycles. The van der Waals surface area contributed by atoms with Crippen LogP contribution in [-0.2, 0) is 11.8 Å². The maximum atomic E-state index is 12.2. The Balaban J connectivity index is 1.57. The number of amides is 1. The van der Waals surface area contributed by atoms with Gasteiger partial charge in [-0.05, 0) is 13.3 Å². The normalized spacial score (nSPS) is 24.7. The second kappa shape index (κ2) is 4.83. The van der Waals surface area contributed by atoms with Crippen molar-refractivity contribution in [1.82, 2.24) is 14.7 Å². The quantitative estimate of drug-likeness (QED) is 0.834. The van der Waals surface area contributed by atoms with Gasteiger partial charge >= 0.3 is 0 Å². The van der Waals surface area contributed by atoms with E-state index in [1.165, 1.54) is 0 Å². The van der Waals surface area contributed by atoms with Crippen LogP contribution in [0.15, 0.2) is 12.4 Å².